The molecule has 1 heterocycles. The number of hydrazine groups is 1. The van der Waals surface area contributed by atoms with Gasteiger partial charge in [0.15, 0.2) is 0 Å². The lowest BCUT2D eigenvalue weighted by Crippen LogP contribution is -2.41. The van der Waals surface area contributed by atoms with E-state index < -0.39 is 28.9 Å². The summed E-state index contributed by atoms with van der Waals surface area (Å²) in [5, 5.41) is 0.267. The average molecular weight is 370 g/mol. The van der Waals surface area contributed by atoms with Gasteiger partial charge in [0.05, 0.1) is 10.9 Å². The monoisotopic (exact) mass is 370 g/mol. The van der Waals surface area contributed by atoms with Crippen LogP contribution in [0.2, 0.25) is 0 Å². The second kappa shape index (κ2) is 7.24. The number of nitrogens with zero attached hydrogens (tertiary/aromatic N) is 1. The quantitative estimate of drug-likeness (QED) is 0.595. The van der Waals surface area contributed by atoms with Crippen molar-refractivity contribution in [2.24, 2.45) is 0 Å². The highest BCUT2D eigenvalue weighted by molar-refractivity contribution is 6.00. The van der Waals surface area contributed by atoms with Crippen LogP contribution in [0.4, 0.5) is 4.39 Å². The van der Waals surface area contributed by atoms with Crippen molar-refractivity contribution in [2.45, 2.75) is 13.5 Å². The molecule has 3 N–H and O–H groups in total. The molecule has 0 aliphatic heterocycles. The third kappa shape index (κ3) is 3.61. The fraction of sp³-hybridized carbons (Fsp3) is 0.111. The van der Waals surface area contributed by atoms with Gasteiger partial charge in [-0.05, 0) is 49.4 Å². The molecule has 2 aromatic carbocycles. The molecule has 0 bridgehead atoms. The molecule has 0 unspecified atom stereocenters. The number of hydrogen-bond donors (Lipinski definition) is 3. The maximum Gasteiger partial charge on any atom is 0.328 e. The zero-order valence-electron chi connectivity index (χ0n) is 14.2. The maximum atomic E-state index is 12.9. The highest BCUT2D eigenvalue weighted by Gasteiger charge is 2.12. The van der Waals surface area contributed by atoms with Crippen LogP contribution in [0.3, 0.4) is 0 Å². The largest absolute Gasteiger partial charge is 0.328 e. The number of halogens is 1. The topological polar surface area (TPSA) is 113 Å². The summed E-state index contributed by atoms with van der Waals surface area (Å²) in [6.45, 7) is 1.90. The third-order valence-corrected chi connectivity index (χ3v) is 3.96. The summed E-state index contributed by atoms with van der Waals surface area (Å²) >= 11 is 0. The second-order valence-corrected chi connectivity index (χ2v) is 5.66. The Balaban J connectivity index is 1.79. The van der Waals surface area contributed by atoms with E-state index in [4.69, 9.17) is 0 Å². The highest BCUT2D eigenvalue weighted by atomic mass is 19.1. The lowest BCUT2D eigenvalue weighted by atomic mass is 10.1. The van der Waals surface area contributed by atoms with Crippen LogP contribution < -0.4 is 22.1 Å². The molecule has 2 amide bonds. The second-order valence-electron chi connectivity index (χ2n) is 5.66. The average Bonchev–Trinajstić information content (AvgIpc) is 2.66. The van der Waals surface area contributed by atoms with Gasteiger partial charge in [-0.3, -0.25) is 29.8 Å². The Kier molecular flexibility index (Phi) is 4.84. The van der Waals surface area contributed by atoms with Crippen molar-refractivity contribution in [2.75, 3.05) is 0 Å². The molecule has 0 saturated heterocycles. The van der Waals surface area contributed by atoms with Crippen LogP contribution >= 0.6 is 0 Å². The summed E-state index contributed by atoms with van der Waals surface area (Å²) in [7, 11) is 0. The minimum atomic E-state index is -0.645. The van der Waals surface area contributed by atoms with Crippen molar-refractivity contribution >= 4 is 22.7 Å². The summed E-state index contributed by atoms with van der Waals surface area (Å²) in [4.78, 5) is 50.8. The molecule has 0 spiro atoms. The third-order valence-electron chi connectivity index (χ3n) is 3.96. The Morgan fingerprint density at radius 3 is 2.22 bits per heavy atom. The van der Waals surface area contributed by atoms with Crippen molar-refractivity contribution in [1.29, 1.82) is 0 Å². The zero-order valence-corrected chi connectivity index (χ0v) is 14.2. The van der Waals surface area contributed by atoms with Crippen LogP contribution in [-0.2, 0) is 6.54 Å². The molecule has 9 heteroatoms. The Hall–Kier alpha value is -3.75. The summed E-state index contributed by atoms with van der Waals surface area (Å²) < 4.78 is 13.9. The lowest BCUT2D eigenvalue weighted by molar-refractivity contribution is 0.0846. The van der Waals surface area contributed by atoms with Crippen LogP contribution in [0.1, 0.15) is 27.6 Å². The first-order chi connectivity index (χ1) is 12.9. The number of aromatic nitrogens is 2. The van der Waals surface area contributed by atoms with E-state index in [1.54, 1.807) is 6.92 Å². The number of hydrogen-bond acceptors (Lipinski definition) is 4. The summed E-state index contributed by atoms with van der Waals surface area (Å²) in [5.74, 6) is -1.75. The minimum absolute atomic E-state index is 0.131. The molecule has 3 rings (SSSR count). The van der Waals surface area contributed by atoms with Crippen LogP contribution in [-0.4, -0.2) is 21.4 Å². The number of H-pyrrole nitrogens is 1. The Labute approximate surface area is 151 Å². The number of nitrogens with one attached hydrogen (secondary N) is 3. The smallest absolute Gasteiger partial charge is 0.307 e. The van der Waals surface area contributed by atoms with Crippen molar-refractivity contribution in [3.05, 3.63) is 80.2 Å². The Morgan fingerprint density at radius 2 is 1.59 bits per heavy atom. The van der Waals surface area contributed by atoms with Gasteiger partial charge < -0.3 is 4.98 Å². The fourth-order valence-electron chi connectivity index (χ4n) is 2.54. The van der Waals surface area contributed by atoms with Crippen LogP contribution in [0.25, 0.3) is 10.9 Å². The normalized spacial score (nSPS) is 10.6. The number of amides is 2. The molecular formula is C18H15FN4O4. The number of rotatable bonds is 3. The SMILES string of the molecule is CCn1c(=O)[nH]c2cc(C(=O)NNC(=O)c3ccc(F)cc3)ccc2c1=O. The summed E-state index contributed by atoms with van der Waals surface area (Å²) in [5.41, 5.74) is 3.92. The molecule has 138 valence electrons. The first-order valence-corrected chi connectivity index (χ1v) is 8.04. The van der Waals surface area contributed by atoms with Gasteiger partial charge in [-0.1, -0.05) is 0 Å². The van der Waals surface area contributed by atoms with Gasteiger partial charge in [0.2, 0.25) is 0 Å². The molecule has 0 atom stereocenters. The van der Waals surface area contributed by atoms with E-state index in [9.17, 15) is 23.6 Å². The van der Waals surface area contributed by atoms with E-state index in [0.717, 1.165) is 16.7 Å². The fourth-order valence-corrected chi connectivity index (χ4v) is 2.54. The summed E-state index contributed by atoms with van der Waals surface area (Å²) in [6, 6.07) is 8.97. The number of aromatic amines is 1. The minimum Gasteiger partial charge on any atom is -0.307 e. The highest BCUT2D eigenvalue weighted by Crippen LogP contribution is 2.09. The van der Waals surface area contributed by atoms with Crippen molar-refractivity contribution in [3.63, 3.8) is 0 Å². The van der Waals surface area contributed by atoms with Crippen LogP contribution in [0, 0.1) is 5.82 Å². The Morgan fingerprint density at radius 1 is 1.00 bits per heavy atom. The molecule has 0 fully saturated rings. The van der Waals surface area contributed by atoms with Gasteiger partial charge in [0.1, 0.15) is 5.82 Å². The molecule has 3 aromatic rings. The van der Waals surface area contributed by atoms with Gasteiger partial charge in [-0.25, -0.2) is 9.18 Å². The molecular weight excluding hydrogens is 355 g/mol. The molecule has 8 nitrogen and oxygen atoms in total. The Bertz CT molecular complexity index is 1150. The number of benzene rings is 2. The zero-order chi connectivity index (χ0) is 19.6. The van der Waals surface area contributed by atoms with Crippen molar-refractivity contribution < 1.29 is 14.0 Å². The van der Waals surface area contributed by atoms with Crippen LogP contribution in [0.15, 0.2) is 52.1 Å². The molecule has 0 aliphatic rings. The van der Waals surface area contributed by atoms with Gasteiger partial charge in [-0.2, -0.15) is 0 Å². The number of carbonyl (C=O) groups is 2. The van der Waals surface area contributed by atoms with E-state index in [0.29, 0.717) is 0 Å². The predicted molar refractivity (Wildman–Crippen MR) is 95.8 cm³/mol. The molecule has 1 aromatic heterocycles. The number of fused-ring (bicyclic) bond motifs is 1. The van der Waals surface area contributed by atoms with Gasteiger partial charge in [0, 0.05) is 17.7 Å². The molecule has 0 aliphatic carbocycles. The standard InChI is InChI=1S/C18H15FN4O4/c1-2-23-17(26)13-8-5-11(9-14(13)20-18(23)27)16(25)22-21-15(24)10-3-6-12(19)7-4-10/h3-9H,2H2,1H3,(H,20,27)(H,21,24)(H,22,25). The van der Waals surface area contributed by atoms with Crippen molar-refractivity contribution in [1.82, 2.24) is 20.4 Å². The first kappa shape index (κ1) is 18.1. The van der Waals surface area contributed by atoms with Gasteiger partial charge in [0.25, 0.3) is 17.4 Å². The van der Waals surface area contributed by atoms with Crippen molar-refractivity contribution in [3.8, 4) is 0 Å². The summed E-state index contributed by atoms with van der Waals surface area (Å²) in [6.07, 6.45) is 0. The van der Waals surface area contributed by atoms with Crippen LogP contribution in [0.5, 0.6) is 0 Å². The van der Waals surface area contributed by atoms with Gasteiger partial charge in [-0.15, -0.1) is 0 Å². The maximum absolute atomic E-state index is 12.9. The predicted octanol–water partition coefficient (Wildman–Crippen LogP) is 0.924. The number of carbonyl (C=O) groups excluding carboxylic acids is 2. The lowest BCUT2D eigenvalue weighted by Gasteiger charge is -2.09. The van der Waals surface area contributed by atoms with Gasteiger partial charge >= 0.3 is 5.69 Å². The van der Waals surface area contributed by atoms with E-state index in [2.05, 4.69) is 15.8 Å². The molecule has 0 radical (unpaired) electrons. The molecule has 0 saturated carbocycles. The van der Waals surface area contributed by atoms with E-state index in [1.807, 2.05) is 0 Å². The molecule has 27 heavy (non-hydrogen) atoms. The first-order valence-electron chi connectivity index (χ1n) is 8.04. The van der Waals surface area contributed by atoms with E-state index >= 15 is 0 Å². The van der Waals surface area contributed by atoms with E-state index in [-0.39, 0.29) is 28.6 Å². The van der Waals surface area contributed by atoms with E-state index in [1.165, 1.54) is 30.3 Å².